The van der Waals surface area contributed by atoms with Crippen molar-refractivity contribution in [2.45, 2.75) is 31.2 Å². The Hall–Kier alpha value is -1.49. The van der Waals surface area contributed by atoms with Crippen molar-refractivity contribution in [1.82, 2.24) is 5.32 Å². The largest absolute Gasteiger partial charge is 0.481 e. The van der Waals surface area contributed by atoms with Crippen molar-refractivity contribution in [2.24, 2.45) is 17.8 Å². The van der Waals surface area contributed by atoms with Crippen LogP contribution in [0, 0.1) is 17.8 Å². The third-order valence-corrected chi connectivity index (χ3v) is 4.96. The summed E-state index contributed by atoms with van der Waals surface area (Å²) in [6.45, 7) is -0.505. The van der Waals surface area contributed by atoms with E-state index in [1.165, 1.54) is 12.1 Å². The number of aliphatic carboxylic acids is 1. The molecule has 3 nitrogen and oxygen atoms in total. The van der Waals surface area contributed by atoms with Crippen molar-refractivity contribution >= 4 is 5.97 Å². The highest BCUT2D eigenvalue weighted by Crippen LogP contribution is 2.48. The molecule has 4 unspecified atom stereocenters. The van der Waals surface area contributed by atoms with E-state index in [1.54, 1.807) is 18.2 Å². The van der Waals surface area contributed by atoms with Gasteiger partial charge in [0.2, 0.25) is 0 Å². The molecule has 21 heavy (non-hydrogen) atoms. The van der Waals surface area contributed by atoms with Crippen molar-refractivity contribution in [1.29, 1.82) is 0 Å². The van der Waals surface area contributed by atoms with Gasteiger partial charge < -0.3 is 10.4 Å². The molecule has 2 bridgehead atoms. The van der Waals surface area contributed by atoms with Gasteiger partial charge in [0.15, 0.2) is 0 Å². The number of alkyl halides is 2. The quantitative estimate of drug-likeness (QED) is 0.878. The molecule has 0 amide bonds. The fourth-order valence-electron chi connectivity index (χ4n) is 3.97. The molecule has 2 aliphatic carbocycles. The Labute approximate surface area is 122 Å². The van der Waals surface area contributed by atoms with Gasteiger partial charge in [0.25, 0.3) is 5.92 Å². The highest BCUT2D eigenvalue weighted by molar-refractivity contribution is 5.72. The van der Waals surface area contributed by atoms with E-state index in [1.807, 2.05) is 0 Å². The van der Waals surface area contributed by atoms with Gasteiger partial charge in [0.1, 0.15) is 0 Å². The number of benzene rings is 1. The van der Waals surface area contributed by atoms with Gasteiger partial charge in [-0.15, -0.1) is 0 Å². The van der Waals surface area contributed by atoms with Gasteiger partial charge in [-0.25, -0.2) is 0 Å². The maximum absolute atomic E-state index is 14.2. The van der Waals surface area contributed by atoms with Crippen LogP contribution in [0.15, 0.2) is 30.3 Å². The number of nitrogens with one attached hydrogen (secondary N) is 1. The predicted molar refractivity (Wildman–Crippen MR) is 74.1 cm³/mol. The van der Waals surface area contributed by atoms with Crippen LogP contribution >= 0.6 is 0 Å². The number of hydrogen-bond donors (Lipinski definition) is 2. The van der Waals surface area contributed by atoms with Crippen molar-refractivity contribution < 1.29 is 18.7 Å². The maximum Gasteiger partial charge on any atom is 0.308 e. The van der Waals surface area contributed by atoms with E-state index < -0.39 is 24.4 Å². The average Bonchev–Trinajstić information content (AvgIpc) is 3.06. The van der Waals surface area contributed by atoms with E-state index in [0.29, 0.717) is 0 Å². The molecule has 5 heteroatoms. The SMILES string of the molecule is O=C(O)C1C2CCC(C2)C1NCC(F)(F)c1ccccc1. The lowest BCUT2D eigenvalue weighted by atomic mass is 9.84. The summed E-state index contributed by atoms with van der Waals surface area (Å²) >= 11 is 0. The normalized spacial score (nSPS) is 31.5. The lowest BCUT2D eigenvalue weighted by Crippen LogP contribution is -2.47. The summed E-state index contributed by atoms with van der Waals surface area (Å²) < 4.78 is 28.3. The molecule has 0 aromatic heterocycles. The lowest BCUT2D eigenvalue weighted by molar-refractivity contribution is -0.144. The Morgan fingerprint density at radius 2 is 1.90 bits per heavy atom. The molecule has 4 atom stereocenters. The molecule has 1 aromatic rings. The minimum atomic E-state index is -2.98. The number of hydrogen-bond acceptors (Lipinski definition) is 2. The molecule has 114 valence electrons. The number of carboxylic acids is 1. The third kappa shape index (κ3) is 2.67. The van der Waals surface area contributed by atoms with Gasteiger partial charge in [0, 0.05) is 11.6 Å². The number of carbonyl (C=O) groups is 1. The zero-order chi connectivity index (χ0) is 15.0. The number of rotatable bonds is 5. The molecule has 0 heterocycles. The Bertz CT molecular complexity index is 520. The zero-order valence-corrected chi connectivity index (χ0v) is 11.6. The van der Waals surface area contributed by atoms with Crippen LogP contribution in [0.1, 0.15) is 24.8 Å². The first-order valence-corrected chi connectivity index (χ1v) is 7.38. The standard InChI is InChI=1S/C16H19F2NO2/c17-16(18,12-4-2-1-3-5-12)9-19-14-11-7-6-10(8-11)13(14)15(20)21/h1-5,10-11,13-14,19H,6-9H2,(H,20,21). The van der Waals surface area contributed by atoms with Crippen LogP contribution in [0.2, 0.25) is 0 Å². The van der Waals surface area contributed by atoms with Crippen molar-refractivity contribution in [2.75, 3.05) is 6.54 Å². The first-order valence-electron chi connectivity index (χ1n) is 7.38. The van der Waals surface area contributed by atoms with E-state index >= 15 is 0 Å². The first-order chi connectivity index (χ1) is 9.99. The average molecular weight is 295 g/mol. The number of carboxylic acid groups (broad SMARTS) is 1. The molecule has 0 spiro atoms. The summed E-state index contributed by atoms with van der Waals surface area (Å²) in [5.41, 5.74) is -0.0347. The fraction of sp³-hybridized carbons (Fsp3) is 0.562. The fourth-order valence-corrected chi connectivity index (χ4v) is 3.97. The van der Waals surface area contributed by atoms with Crippen LogP contribution in [0.25, 0.3) is 0 Å². The van der Waals surface area contributed by atoms with Gasteiger partial charge >= 0.3 is 5.97 Å². The van der Waals surface area contributed by atoms with Crippen LogP contribution in [0.5, 0.6) is 0 Å². The molecule has 1 aromatic carbocycles. The van der Waals surface area contributed by atoms with Gasteiger partial charge in [-0.05, 0) is 31.1 Å². The lowest BCUT2D eigenvalue weighted by Gasteiger charge is -2.30. The highest BCUT2D eigenvalue weighted by atomic mass is 19.3. The molecule has 2 fully saturated rings. The van der Waals surface area contributed by atoms with Crippen molar-refractivity contribution in [3.05, 3.63) is 35.9 Å². The Balaban J connectivity index is 1.68. The van der Waals surface area contributed by atoms with E-state index in [9.17, 15) is 18.7 Å². The second-order valence-corrected chi connectivity index (χ2v) is 6.17. The second-order valence-electron chi connectivity index (χ2n) is 6.17. The Morgan fingerprint density at radius 3 is 2.57 bits per heavy atom. The predicted octanol–water partition coefficient (Wildman–Crippen LogP) is 2.87. The summed E-state index contributed by atoms with van der Waals surface area (Å²) in [6.07, 6.45) is 2.71. The van der Waals surface area contributed by atoms with Gasteiger partial charge in [-0.2, -0.15) is 8.78 Å². The molecular weight excluding hydrogens is 276 g/mol. The summed E-state index contributed by atoms with van der Waals surface area (Å²) in [5.74, 6) is -3.98. The van der Waals surface area contributed by atoms with Crippen LogP contribution < -0.4 is 5.32 Å². The molecule has 2 N–H and O–H groups in total. The summed E-state index contributed by atoms with van der Waals surface area (Å²) in [4.78, 5) is 11.4. The van der Waals surface area contributed by atoms with E-state index in [0.717, 1.165) is 19.3 Å². The smallest absolute Gasteiger partial charge is 0.308 e. The topological polar surface area (TPSA) is 49.3 Å². The van der Waals surface area contributed by atoms with E-state index in [2.05, 4.69) is 5.32 Å². The third-order valence-electron chi connectivity index (χ3n) is 4.96. The van der Waals surface area contributed by atoms with Crippen LogP contribution in [0.4, 0.5) is 8.78 Å². The van der Waals surface area contributed by atoms with Crippen molar-refractivity contribution in [3.8, 4) is 0 Å². The maximum atomic E-state index is 14.2. The highest BCUT2D eigenvalue weighted by Gasteiger charge is 2.51. The van der Waals surface area contributed by atoms with E-state index in [4.69, 9.17) is 0 Å². The molecule has 0 aliphatic heterocycles. The summed E-state index contributed by atoms with van der Waals surface area (Å²) in [5, 5.41) is 12.2. The molecule has 3 rings (SSSR count). The number of halogens is 2. The molecule has 0 saturated heterocycles. The van der Waals surface area contributed by atoms with Crippen molar-refractivity contribution in [3.63, 3.8) is 0 Å². The Kier molecular flexibility index (Phi) is 3.69. The Morgan fingerprint density at radius 1 is 1.24 bits per heavy atom. The molecule has 2 aliphatic rings. The monoisotopic (exact) mass is 295 g/mol. The van der Waals surface area contributed by atoms with Gasteiger partial charge in [0.05, 0.1) is 12.5 Å². The summed E-state index contributed by atoms with van der Waals surface area (Å²) in [6, 6.07) is 7.34. The molecule has 0 radical (unpaired) electrons. The minimum Gasteiger partial charge on any atom is -0.481 e. The zero-order valence-electron chi connectivity index (χ0n) is 11.6. The summed E-state index contributed by atoms with van der Waals surface area (Å²) in [7, 11) is 0. The van der Waals surface area contributed by atoms with Crippen LogP contribution in [-0.4, -0.2) is 23.7 Å². The first kappa shape index (κ1) is 14.4. The molecule has 2 saturated carbocycles. The minimum absolute atomic E-state index is 0.0347. The second kappa shape index (κ2) is 5.37. The van der Waals surface area contributed by atoms with Gasteiger partial charge in [-0.1, -0.05) is 30.3 Å². The van der Waals surface area contributed by atoms with Crippen LogP contribution in [0.3, 0.4) is 0 Å². The van der Waals surface area contributed by atoms with Gasteiger partial charge in [-0.3, -0.25) is 4.79 Å². The van der Waals surface area contributed by atoms with Crippen LogP contribution in [-0.2, 0) is 10.7 Å². The number of fused-ring (bicyclic) bond motifs is 2. The molecular formula is C16H19F2NO2. The van der Waals surface area contributed by atoms with E-state index in [-0.39, 0.29) is 23.4 Å².